The third-order valence-corrected chi connectivity index (χ3v) is 6.01. The molecule has 2 aliphatic heterocycles. The number of hydrogen-bond acceptors (Lipinski definition) is 9. The van der Waals surface area contributed by atoms with Gasteiger partial charge in [-0.2, -0.15) is 5.26 Å². The van der Waals surface area contributed by atoms with Gasteiger partial charge in [0.1, 0.15) is 34.7 Å². The second kappa shape index (κ2) is 11.5. The van der Waals surface area contributed by atoms with Gasteiger partial charge in [0, 0.05) is 39.3 Å². The van der Waals surface area contributed by atoms with E-state index < -0.39 is 12.3 Å². The zero-order chi connectivity index (χ0) is 26.5. The standard InChI is InChI=1S/C25H31N7O5/c1-16(2)37-19-13-20(27-15-17(19)14-26)28-25(34)31(4)21-6-5-18(22(29-21)24-35-11-12-36-24)23(33)32-9-7-30(3)8-10-32/h5-6,13,15-16,24H,7-12H2,1-4H3,(H,27,28,34). The lowest BCUT2D eigenvalue weighted by Gasteiger charge is -2.33. The minimum atomic E-state index is -0.793. The first-order valence-electron chi connectivity index (χ1n) is 12.1. The zero-order valence-electron chi connectivity index (χ0n) is 21.4. The van der Waals surface area contributed by atoms with Crippen LogP contribution < -0.4 is 15.0 Å². The van der Waals surface area contributed by atoms with Crippen LogP contribution in [0.1, 0.15) is 41.8 Å². The molecule has 0 aromatic carbocycles. The number of anilines is 2. The molecule has 3 amide bonds. The number of urea groups is 1. The number of aromatic nitrogens is 2. The van der Waals surface area contributed by atoms with Crippen molar-refractivity contribution in [2.24, 2.45) is 0 Å². The summed E-state index contributed by atoms with van der Waals surface area (Å²) in [4.78, 5) is 40.3. The maximum Gasteiger partial charge on any atom is 0.328 e. The van der Waals surface area contributed by atoms with Gasteiger partial charge in [-0.05, 0) is 33.0 Å². The quantitative estimate of drug-likeness (QED) is 0.622. The zero-order valence-corrected chi connectivity index (χ0v) is 21.4. The summed E-state index contributed by atoms with van der Waals surface area (Å²) in [6.07, 6.45) is 0.395. The third kappa shape index (κ3) is 6.14. The third-order valence-electron chi connectivity index (χ3n) is 6.01. The van der Waals surface area contributed by atoms with Crippen molar-refractivity contribution in [3.05, 3.63) is 41.2 Å². The molecule has 0 bridgehead atoms. The van der Waals surface area contributed by atoms with Crippen LogP contribution in [0.3, 0.4) is 0 Å². The molecule has 4 rings (SSSR count). The molecular formula is C25H31N7O5. The van der Waals surface area contributed by atoms with Crippen molar-refractivity contribution < 1.29 is 23.8 Å². The summed E-state index contributed by atoms with van der Waals surface area (Å²) < 4.78 is 17.0. The fraction of sp³-hybridized carbons (Fsp3) is 0.480. The first kappa shape index (κ1) is 26.3. The number of ether oxygens (including phenoxy) is 3. The Morgan fingerprint density at radius 2 is 1.92 bits per heavy atom. The number of carbonyl (C=O) groups excluding carboxylic acids is 2. The maximum absolute atomic E-state index is 13.3. The molecule has 196 valence electrons. The Labute approximate surface area is 215 Å². The smallest absolute Gasteiger partial charge is 0.328 e. The molecule has 2 fully saturated rings. The van der Waals surface area contributed by atoms with Gasteiger partial charge in [-0.1, -0.05) is 0 Å². The number of nitrogens with zero attached hydrogens (tertiary/aromatic N) is 6. The van der Waals surface area contributed by atoms with Crippen molar-refractivity contribution in [1.29, 1.82) is 5.26 Å². The van der Waals surface area contributed by atoms with E-state index in [1.807, 2.05) is 27.0 Å². The van der Waals surface area contributed by atoms with Gasteiger partial charge in [0.15, 0.2) is 0 Å². The van der Waals surface area contributed by atoms with Gasteiger partial charge in [-0.15, -0.1) is 0 Å². The molecule has 4 heterocycles. The van der Waals surface area contributed by atoms with Gasteiger partial charge in [-0.3, -0.25) is 15.0 Å². The van der Waals surface area contributed by atoms with Crippen LogP contribution in [0.5, 0.6) is 5.75 Å². The van der Waals surface area contributed by atoms with E-state index >= 15 is 0 Å². The van der Waals surface area contributed by atoms with Crippen LogP contribution >= 0.6 is 0 Å². The summed E-state index contributed by atoms with van der Waals surface area (Å²) in [7, 11) is 3.57. The minimum absolute atomic E-state index is 0.146. The normalized spacial score (nSPS) is 16.5. The van der Waals surface area contributed by atoms with Crippen LogP contribution in [0, 0.1) is 11.3 Å². The molecule has 0 aliphatic carbocycles. The Hall–Kier alpha value is -3.79. The Morgan fingerprint density at radius 1 is 1.22 bits per heavy atom. The highest BCUT2D eigenvalue weighted by Crippen LogP contribution is 2.29. The van der Waals surface area contributed by atoms with Gasteiger partial charge >= 0.3 is 6.03 Å². The second-order valence-electron chi connectivity index (χ2n) is 9.10. The number of carbonyl (C=O) groups is 2. The first-order valence-corrected chi connectivity index (χ1v) is 12.1. The van der Waals surface area contributed by atoms with E-state index in [1.54, 1.807) is 24.1 Å². The summed E-state index contributed by atoms with van der Waals surface area (Å²) in [5.41, 5.74) is 0.990. The SMILES string of the molecule is CC(C)Oc1cc(NC(=O)N(C)c2ccc(C(=O)N3CCN(C)CC3)c(C3OCCO3)n2)ncc1C#N. The minimum Gasteiger partial charge on any atom is -0.489 e. The van der Waals surface area contributed by atoms with Crippen molar-refractivity contribution >= 4 is 23.6 Å². The number of pyridine rings is 2. The number of nitriles is 1. The molecule has 0 atom stereocenters. The molecule has 0 radical (unpaired) electrons. The van der Waals surface area contributed by atoms with Crippen LogP contribution in [0.2, 0.25) is 0 Å². The number of nitrogens with one attached hydrogen (secondary N) is 1. The van der Waals surface area contributed by atoms with E-state index in [0.717, 1.165) is 13.1 Å². The highest BCUT2D eigenvalue weighted by Gasteiger charge is 2.30. The Bertz CT molecular complexity index is 1180. The first-order chi connectivity index (χ1) is 17.8. The number of amides is 3. The highest BCUT2D eigenvalue weighted by atomic mass is 16.7. The fourth-order valence-corrected chi connectivity index (χ4v) is 3.95. The van der Waals surface area contributed by atoms with E-state index in [-0.39, 0.29) is 23.4 Å². The van der Waals surface area contributed by atoms with Crippen molar-refractivity contribution in [3.63, 3.8) is 0 Å². The molecule has 2 aliphatic rings. The monoisotopic (exact) mass is 509 g/mol. The van der Waals surface area contributed by atoms with E-state index in [1.165, 1.54) is 17.2 Å². The second-order valence-corrected chi connectivity index (χ2v) is 9.10. The van der Waals surface area contributed by atoms with Crippen LogP contribution in [-0.2, 0) is 9.47 Å². The molecule has 37 heavy (non-hydrogen) atoms. The highest BCUT2D eigenvalue weighted by molar-refractivity contribution is 6.01. The van der Waals surface area contributed by atoms with Crippen LogP contribution in [0.4, 0.5) is 16.4 Å². The largest absolute Gasteiger partial charge is 0.489 e. The molecule has 0 saturated carbocycles. The lowest BCUT2D eigenvalue weighted by molar-refractivity contribution is -0.0478. The van der Waals surface area contributed by atoms with E-state index in [2.05, 4.69) is 20.2 Å². The van der Waals surface area contributed by atoms with Crippen molar-refractivity contribution in [2.45, 2.75) is 26.2 Å². The van der Waals surface area contributed by atoms with E-state index in [0.29, 0.717) is 49.1 Å². The Kier molecular flexibility index (Phi) is 8.17. The van der Waals surface area contributed by atoms with Gasteiger partial charge in [0.2, 0.25) is 6.29 Å². The molecule has 1 N–H and O–H groups in total. The lowest BCUT2D eigenvalue weighted by atomic mass is 10.1. The van der Waals surface area contributed by atoms with Gasteiger partial charge < -0.3 is 24.0 Å². The van der Waals surface area contributed by atoms with Crippen molar-refractivity contribution in [2.75, 3.05) is 63.7 Å². The number of likely N-dealkylation sites (N-methyl/N-ethyl adjacent to an activating group) is 1. The average Bonchev–Trinajstić information content (AvgIpc) is 3.43. The predicted octanol–water partition coefficient (Wildman–Crippen LogP) is 2.24. The van der Waals surface area contributed by atoms with Gasteiger partial charge in [-0.25, -0.2) is 14.8 Å². The Balaban J connectivity index is 1.55. The van der Waals surface area contributed by atoms with Crippen LogP contribution in [-0.4, -0.2) is 91.3 Å². The molecular weight excluding hydrogens is 478 g/mol. The number of hydrogen-bond donors (Lipinski definition) is 1. The lowest BCUT2D eigenvalue weighted by Crippen LogP contribution is -2.47. The van der Waals surface area contributed by atoms with Gasteiger partial charge in [0.05, 0.1) is 31.1 Å². The molecule has 2 aromatic heterocycles. The molecule has 12 nitrogen and oxygen atoms in total. The van der Waals surface area contributed by atoms with E-state index in [4.69, 9.17) is 14.2 Å². The van der Waals surface area contributed by atoms with E-state index in [9.17, 15) is 14.9 Å². The Morgan fingerprint density at radius 3 is 2.57 bits per heavy atom. The molecule has 2 saturated heterocycles. The molecule has 2 aromatic rings. The van der Waals surface area contributed by atoms with Crippen LogP contribution in [0.15, 0.2) is 24.4 Å². The van der Waals surface area contributed by atoms with Crippen LogP contribution in [0.25, 0.3) is 0 Å². The predicted molar refractivity (Wildman–Crippen MR) is 134 cm³/mol. The fourth-order valence-electron chi connectivity index (χ4n) is 3.95. The van der Waals surface area contributed by atoms with Gasteiger partial charge in [0.25, 0.3) is 5.91 Å². The summed E-state index contributed by atoms with van der Waals surface area (Å²) >= 11 is 0. The average molecular weight is 510 g/mol. The maximum atomic E-state index is 13.3. The van der Waals surface area contributed by atoms with Crippen molar-refractivity contribution in [1.82, 2.24) is 19.8 Å². The number of piperazine rings is 1. The molecule has 12 heteroatoms. The summed E-state index contributed by atoms with van der Waals surface area (Å²) in [6.45, 7) is 7.27. The summed E-state index contributed by atoms with van der Waals surface area (Å²) in [5.74, 6) is 0.700. The molecule has 0 spiro atoms. The molecule has 0 unspecified atom stereocenters. The van der Waals surface area contributed by atoms with Crippen molar-refractivity contribution in [3.8, 4) is 11.8 Å². The summed E-state index contributed by atoms with van der Waals surface area (Å²) in [6, 6.07) is 6.28. The number of rotatable bonds is 6. The summed E-state index contributed by atoms with van der Waals surface area (Å²) in [5, 5.41) is 12.0. The topological polar surface area (TPSA) is 133 Å².